The van der Waals surface area contributed by atoms with Gasteiger partial charge in [0.05, 0.1) is 23.4 Å². The largest absolute Gasteiger partial charge is 0.478 e. The molecule has 0 aliphatic rings. The molecule has 0 aliphatic carbocycles. The monoisotopic (exact) mass is 504 g/mol. The average molecular weight is 506 g/mol. The number of sulfonamides is 1. The second-order valence-electron chi connectivity index (χ2n) is 6.18. The lowest BCUT2D eigenvalue weighted by Gasteiger charge is -2.13. The van der Waals surface area contributed by atoms with Crippen LogP contribution in [0.3, 0.4) is 0 Å². The van der Waals surface area contributed by atoms with Crippen molar-refractivity contribution >= 4 is 51.5 Å². The van der Waals surface area contributed by atoms with Gasteiger partial charge in [-0.2, -0.15) is 4.98 Å². The molecule has 12 heteroatoms. The number of rotatable bonds is 7. The van der Waals surface area contributed by atoms with Crippen molar-refractivity contribution in [1.82, 2.24) is 9.97 Å². The van der Waals surface area contributed by atoms with Gasteiger partial charge in [-0.05, 0) is 36.8 Å². The van der Waals surface area contributed by atoms with Gasteiger partial charge >= 0.3 is 0 Å². The van der Waals surface area contributed by atoms with Crippen molar-refractivity contribution in [1.29, 1.82) is 0 Å². The molecule has 1 heterocycles. The molecule has 166 valence electrons. The third-order valence-electron chi connectivity index (χ3n) is 3.98. The van der Waals surface area contributed by atoms with Crippen molar-refractivity contribution in [2.45, 2.75) is 17.9 Å². The topological polar surface area (TPSA) is 116 Å². The summed E-state index contributed by atoms with van der Waals surface area (Å²) >= 11 is 11.9. The number of hydrogen-bond acceptors (Lipinski definition) is 7. The van der Waals surface area contributed by atoms with Crippen molar-refractivity contribution in [2.24, 2.45) is 5.73 Å². The van der Waals surface area contributed by atoms with Crippen LogP contribution in [0.25, 0.3) is 0 Å². The van der Waals surface area contributed by atoms with Gasteiger partial charge in [0.2, 0.25) is 11.7 Å². The lowest BCUT2D eigenvalue weighted by Crippen LogP contribution is -2.15. The summed E-state index contributed by atoms with van der Waals surface area (Å²) in [5.74, 6) is 0.411. The number of halogens is 3. The summed E-state index contributed by atoms with van der Waals surface area (Å²) in [7, 11) is -2.76. The van der Waals surface area contributed by atoms with E-state index in [0.29, 0.717) is 5.75 Å². The van der Waals surface area contributed by atoms with Crippen LogP contribution in [0.1, 0.15) is 18.5 Å². The number of nitrogens with two attached hydrogens (primary N) is 1. The second kappa shape index (κ2) is 10.3. The maximum atomic E-state index is 12.7. The molecular formula is C19H19Cl3N4O4S. The van der Waals surface area contributed by atoms with Crippen LogP contribution in [-0.2, 0) is 10.0 Å². The van der Waals surface area contributed by atoms with E-state index in [4.69, 9.17) is 38.4 Å². The molecular weight excluding hydrogens is 487 g/mol. The van der Waals surface area contributed by atoms with Gasteiger partial charge in [-0.1, -0.05) is 41.4 Å². The lowest BCUT2D eigenvalue weighted by molar-refractivity contribution is 0.382. The van der Waals surface area contributed by atoms with Crippen LogP contribution in [-0.4, -0.2) is 25.5 Å². The minimum atomic E-state index is -4.09. The van der Waals surface area contributed by atoms with Crippen LogP contribution in [0, 0.1) is 0 Å². The zero-order valence-electron chi connectivity index (χ0n) is 16.4. The molecule has 1 atom stereocenters. The van der Waals surface area contributed by atoms with E-state index in [2.05, 4.69) is 14.7 Å². The molecule has 0 aliphatic heterocycles. The smallest absolute Gasteiger partial charge is 0.264 e. The van der Waals surface area contributed by atoms with Crippen molar-refractivity contribution in [3.8, 4) is 17.5 Å². The van der Waals surface area contributed by atoms with E-state index in [-0.39, 0.29) is 51.0 Å². The summed E-state index contributed by atoms with van der Waals surface area (Å²) < 4.78 is 38.5. The molecule has 0 radical (unpaired) electrons. The fourth-order valence-corrected chi connectivity index (χ4v) is 4.22. The van der Waals surface area contributed by atoms with Gasteiger partial charge in [0, 0.05) is 6.04 Å². The van der Waals surface area contributed by atoms with E-state index in [1.54, 1.807) is 12.1 Å². The molecule has 2 aromatic carbocycles. The van der Waals surface area contributed by atoms with Gasteiger partial charge in [0.1, 0.15) is 10.6 Å². The summed E-state index contributed by atoms with van der Waals surface area (Å²) in [6, 6.07) is 11.3. The van der Waals surface area contributed by atoms with E-state index in [1.807, 2.05) is 19.1 Å². The number of anilines is 1. The number of methoxy groups -OCH3 is 1. The number of nitrogens with one attached hydrogen (secondary N) is 1. The zero-order chi connectivity index (χ0) is 21.9. The quantitative estimate of drug-likeness (QED) is 0.472. The van der Waals surface area contributed by atoms with E-state index >= 15 is 0 Å². The second-order valence-corrected chi connectivity index (χ2v) is 8.62. The van der Waals surface area contributed by atoms with Crippen molar-refractivity contribution in [3.63, 3.8) is 0 Å². The molecule has 0 fully saturated rings. The Labute approximate surface area is 196 Å². The summed E-state index contributed by atoms with van der Waals surface area (Å²) in [5, 5.41) is 0.00479. The Hall–Kier alpha value is -2.30. The number of ether oxygens (including phenoxy) is 2. The van der Waals surface area contributed by atoms with Crippen LogP contribution in [0.4, 0.5) is 5.82 Å². The van der Waals surface area contributed by atoms with Gasteiger partial charge in [-0.15, -0.1) is 12.4 Å². The molecule has 1 aromatic heterocycles. The van der Waals surface area contributed by atoms with Crippen molar-refractivity contribution < 1.29 is 17.9 Å². The fourth-order valence-electron chi connectivity index (χ4n) is 2.45. The standard InChI is InChI=1S/C19H18Cl2N4O4S.ClH/c1-11(22)12-6-8-13(9-7-12)29-16-10-23-18(19(24-16)28-2)25-30(26,27)15-5-3-4-14(20)17(15)21;/h3-11H,22H2,1-2H3,(H,23,25);1H/t11-;/m1./s1. The first-order valence-electron chi connectivity index (χ1n) is 8.62. The first kappa shape index (κ1) is 25.0. The number of benzene rings is 2. The Bertz CT molecular complexity index is 1160. The summed E-state index contributed by atoms with van der Waals surface area (Å²) in [4.78, 5) is 8.00. The maximum Gasteiger partial charge on any atom is 0.264 e. The Balaban J connectivity index is 0.00000341. The number of hydrogen-bond donors (Lipinski definition) is 2. The van der Waals surface area contributed by atoms with Crippen LogP contribution in [0.2, 0.25) is 10.0 Å². The molecule has 8 nitrogen and oxygen atoms in total. The highest BCUT2D eigenvalue weighted by Crippen LogP contribution is 2.32. The van der Waals surface area contributed by atoms with Gasteiger partial charge in [-0.25, -0.2) is 13.4 Å². The van der Waals surface area contributed by atoms with Gasteiger partial charge in [0.15, 0.2) is 0 Å². The first-order chi connectivity index (χ1) is 14.2. The Morgan fingerprint density at radius 3 is 2.42 bits per heavy atom. The van der Waals surface area contributed by atoms with Gasteiger partial charge in [0.25, 0.3) is 15.9 Å². The highest BCUT2D eigenvalue weighted by molar-refractivity contribution is 7.92. The Morgan fingerprint density at radius 1 is 1.13 bits per heavy atom. The predicted molar refractivity (Wildman–Crippen MR) is 122 cm³/mol. The number of aromatic nitrogens is 2. The first-order valence-corrected chi connectivity index (χ1v) is 10.9. The van der Waals surface area contributed by atoms with Gasteiger partial charge < -0.3 is 15.2 Å². The highest BCUT2D eigenvalue weighted by Gasteiger charge is 2.23. The summed E-state index contributed by atoms with van der Waals surface area (Å²) in [6.45, 7) is 1.88. The normalized spacial score (nSPS) is 11.9. The average Bonchev–Trinajstić information content (AvgIpc) is 2.71. The zero-order valence-corrected chi connectivity index (χ0v) is 19.5. The maximum absolute atomic E-state index is 12.7. The van der Waals surface area contributed by atoms with Crippen LogP contribution in [0.5, 0.6) is 17.5 Å². The molecule has 3 rings (SSSR count). The SMILES string of the molecule is COc1nc(Oc2ccc([C@@H](C)N)cc2)cnc1NS(=O)(=O)c1cccc(Cl)c1Cl.Cl. The minimum absolute atomic E-state index is 0. The van der Waals surface area contributed by atoms with E-state index in [1.165, 1.54) is 31.5 Å². The minimum Gasteiger partial charge on any atom is -0.478 e. The Kier molecular flexibility index (Phi) is 8.33. The molecule has 0 amide bonds. The molecule has 3 N–H and O–H groups in total. The van der Waals surface area contributed by atoms with Crippen LogP contribution < -0.4 is 19.9 Å². The van der Waals surface area contributed by atoms with Gasteiger partial charge in [-0.3, -0.25) is 4.72 Å². The number of nitrogens with zero attached hydrogens (tertiary/aromatic N) is 2. The lowest BCUT2D eigenvalue weighted by atomic mass is 10.1. The van der Waals surface area contributed by atoms with E-state index in [0.717, 1.165) is 5.56 Å². The van der Waals surface area contributed by atoms with Crippen molar-refractivity contribution in [2.75, 3.05) is 11.8 Å². The van der Waals surface area contributed by atoms with Crippen LogP contribution in [0.15, 0.2) is 53.6 Å². The highest BCUT2D eigenvalue weighted by atomic mass is 35.5. The van der Waals surface area contributed by atoms with E-state index in [9.17, 15) is 8.42 Å². The third-order valence-corrected chi connectivity index (χ3v) is 6.29. The summed E-state index contributed by atoms with van der Waals surface area (Å²) in [6.07, 6.45) is 1.26. The molecule has 0 saturated carbocycles. The molecule has 0 unspecified atom stereocenters. The Morgan fingerprint density at radius 2 is 1.81 bits per heavy atom. The summed E-state index contributed by atoms with van der Waals surface area (Å²) in [5.41, 5.74) is 6.78. The fraction of sp³-hybridized carbons (Fsp3) is 0.158. The molecule has 0 saturated heterocycles. The van der Waals surface area contributed by atoms with Crippen molar-refractivity contribution in [3.05, 3.63) is 64.3 Å². The predicted octanol–water partition coefficient (Wildman–Crippen LogP) is 4.83. The molecule has 3 aromatic rings. The third kappa shape index (κ3) is 5.90. The molecule has 0 spiro atoms. The molecule has 31 heavy (non-hydrogen) atoms. The van der Waals surface area contributed by atoms with E-state index < -0.39 is 10.0 Å². The van der Waals surface area contributed by atoms with Crippen LogP contribution >= 0.6 is 35.6 Å². The molecule has 0 bridgehead atoms.